The first-order valence-corrected chi connectivity index (χ1v) is 10.9. The summed E-state index contributed by atoms with van der Waals surface area (Å²) in [5.74, 6) is -0.255. The summed E-state index contributed by atoms with van der Waals surface area (Å²) in [5.41, 5.74) is 3.51. The van der Waals surface area contributed by atoms with Gasteiger partial charge in [0.15, 0.2) is 0 Å². The standard InChI is InChI=1S/C24H28N4O3/c1-3-27-19-11-4-5-12-20(19)28(24(27)31)16-13-21(29)25-18-10-8-9-17(2)22(18)23(30)26-14-6-7-15-26/h4-5,8-12H,3,6-7,13-16H2,1-2H3,(H,25,29). The number of benzene rings is 2. The van der Waals surface area contributed by atoms with E-state index in [2.05, 4.69) is 5.32 Å². The second kappa shape index (κ2) is 8.79. The van der Waals surface area contributed by atoms with Crippen LogP contribution in [0.15, 0.2) is 47.3 Å². The van der Waals surface area contributed by atoms with Crippen LogP contribution in [0, 0.1) is 6.92 Å². The molecule has 0 aliphatic carbocycles. The molecule has 0 bridgehead atoms. The maximum absolute atomic E-state index is 13.0. The molecule has 162 valence electrons. The molecule has 2 aromatic carbocycles. The maximum Gasteiger partial charge on any atom is 0.329 e. The number of fused-ring (bicyclic) bond motifs is 1. The summed E-state index contributed by atoms with van der Waals surface area (Å²) in [4.78, 5) is 40.4. The molecule has 31 heavy (non-hydrogen) atoms. The third-order valence-electron chi connectivity index (χ3n) is 5.96. The number of hydrogen-bond donors (Lipinski definition) is 1. The summed E-state index contributed by atoms with van der Waals surface area (Å²) in [6.45, 7) is 6.18. The predicted molar refractivity (Wildman–Crippen MR) is 121 cm³/mol. The molecule has 3 aromatic rings. The van der Waals surface area contributed by atoms with Crippen molar-refractivity contribution in [2.24, 2.45) is 0 Å². The van der Waals surface area contributed by atoms with Gasteiger partial charge in [-0.05, 0) is 50.5 Å². The first-order chi connectivity index (χ1) is 15.0. The van der Waals surface area contributed by atoms with Crippen LogP contribution in [-0.2, 0) is 17.9 Å². The molecule has 1 saturated heterocycles. The Kier molecular flexibility index (Phi) is 5.93. The Morgan fingerprint density at radius 1 is 0.968 bits per heavy atom. The number of imidazole rings is 1. The van der Waals surface area contributed by atoms with Gasteiger partial charge in [0, 0.05) is 32.6 Å². The molecular formula is C24H28N4O3. The van der Waals surface area contributed by atoms with E-state index in [-0.39, 0.29) is 30.5 Å². The van der Waals surface area contributed by atoms with Crippen molar-refractivity contribution in [1.29, 1.82) is 0 Å². The number of anilines is 1. The Bertz CT molecular complexity index is 1190. The summed E-state index contributed by atoms with van der Waals surface area (Å²) >= 11 is 0. The monoisotopic (exact) mass is 420 g/mol. The number of hydrogen-bond acceptors (Lipinski definition) is 3. The lowest BCUT2D eigenvalue weighted by Crippen LogP contribution is -2.30. The largest absolute Gasteiger partial charge is 0.339 e. The topological polar surface area (TPSA) is 76.3 Å². The van der Waals surface area contributed by atoms with Crippen molar-refractivity contribution in [3.8, 4) is 0 Å². The quantitative estimate of drug-likeness (QED) is 0.664. The Labute approximate surface area is 181 Å². The average Bonchev–Trinajstić information content (AvgIpc) is 3.38. The summed E-state index contributed by atoms with van der Waals surface area (Å²) in [6.07, 6.45) is 2.17. The number of carbonyl (C=O) groups excluding carboxylic acids is 2. The van der Waals surface area contributed by atoms with E-state index in [4.69, 9.17) is 0 Å². The zero-order chi connectivity index (χ0) is 22.0. The first kappa shape index (κ1) is 20.9. The first-order valence-electron chi connectivity index (χ1n) is 10.9. The lowest BCUT2D eigenvalue weighted by Gasteiger charge is -2.19. The van der Waals surface area contributed by atoms with E-state index in [1.54, 1.807) is 15.2 Å². The molecule has 1 aromatic heterocycles. The van der Waals surface area contributed by atoms with Crippen molar-refractivity contribution in [3.05, 3.63) is 64.1 Å². The third kappa shape index (κ3) is 4.00. The van der Waals surface area contributed by atoms with Crippen LogP contribution in [0.1, 0.15) is 42.1 Å². The third-order valence-corrected chi connectivity index (χ3v) is 5.96. The van der Waals surface area contributed by atoms with Crippen LogP contribution in [0.5, 0.6) is 0 Å². The molecule has 1 N–H and O–H groups in total. The fraction of sp³-hybridized carbons (Fsp3) is 0.375. The lowest BCUT2D eigenvalue weighted by molar-refractivity contribution is -0.116. The molecule has 1 aliphatic rings. The van der Waals surface area contributed by atoms with E-state index < -0.39 is 0 Å². The number of aromatic nitrogens is 2. The van der Waals surface area contributed by atoms with Gasteiger partial charge < -0.3 is 10.2 Å². The molecule has 7 nitrogen and oxygen atoms in total. The molecule has 7 heteroatoms. The fourth-order valence-electron chi connectivity index (χ4n) is 4.35. The predicted octanol–water partition coefficient (Wildman–Crippen LogP) is 3.40. The molecule has 0 atom stereocenters. The molecule has 2 amide bonds. The zero-order valence-corrected chi connectivity index (χ0v) is 18.1. The highest BCUT2D eigenvalue weighted by Crippen LogP contribution is 2.24. The van der Waals surface area contributed by atoms with Crippen LogP contribution in [0.4, 0.5) is 5.69 Å². The minimum absolute atomic E-state index is 0.0341. The smallest absolute Gasteiger partial charge is 0.329 e. The van der Waals surface area contributed by atoms with E-state index in [1.165, 1.54) is 0 Å². The van der Waals surface area contributed by atoms with Crippen molar-refractivity contribution in [1.82, 2.24) is 14.0 Å². The van der Waals surface area contributed by atoms with Crippen molar-refractivity contribution in [3.63, 3.8) is 0 Å². The molecular weight excluding hydrogens is 392 g/mol. The number of rotatable bonds is 6. The van der Waals surface area contributed by atoms with Gasteiger partial charge in [0.1, 0.15) is 0 Å². The summed E-state index contributed by atoms with van der Waals surface area (Å²) in [6, 6.07) is 13.1. The van der Waals surface area contributed by atoms with Crippen molar-refractivity contribution >= 4 is 28.5 Å². The average molecular weight is 421 g/mol. The summed E-state index contributed by atoms with van der Waals surface area (Å²) < 4.78 is 3.35. The van der Waals surface area contributed by atoms with E-state index >= 15 is 0 Å². The van der Waals surface area contributed by atoms with E-state index in [1.807, 2.05) is 55.1 Å². The highest BCUT2D eigenvalue weighted by Gasteiger charge is 2.24. The van der Waals surface area contributed by atoms with Gasteiger partial charge in [-0.1, -0.05) is 24.3 Å². The summed E-state index contributed by atoms with van der Waals surface area (Å²) in [5, 5.41) is 2.91. The molecule has 0 radical (unpaired) electrons. The van der Waals surface area contributed by atoms with Crippen molar-refractivity contribution < 1.29 is 9.59 Å². The number of nitrogens with one attached hydrogen (secondary N) is 1. The Morgan fingerprint density at radius 3 is 2.32 bits per heavy atom. The van der Waals surface area contributed by atoms with Crippen LogP contribution in [-0.4, -0.2) is 38.9 Å². The lowest BCUT2D eigenvalue weighted by atomic mass is 10.0. The van der Waals surface area contributed by atoms with Crippen LogP contribution in [0.3, 0.4) is 0 Å². The zero-order valence-electron chi connectivity index (χ0n) is 18.1. The Balaban J connectivity index is 1.53. The van der Waals surface area contributed by atoms with Crippen molar-refractivity contribution in [2.45, 2.75) is 46.2 Å². The minimum Gasteiger partial charge on any atom is -0.339 e. The minimum atomic E-state index is -0.221. The normalized spacial score (nSPS) is 13.7. The van der Waals surface area contributed by atoms with E-state index in [0.29, 0.717) is 17.8 Å². The molecule has 0 spiro atoms. The second-order valence-electron chi connectivity index (χ2n) is 7.96. The maximum atomic E-state index is 13.0. The highest BCUT2D eigenvalue weighted by atomic mass is 16.2. The van der Waals surface area contributed by atoms with Crippen molar-refractivity contribution in [2.75, 3.05) is 18.4 Å². The number of carbonyl (C=O) groups is 2. The van der Waals surface area contributed by atoms with Crippen LogP contribution < -0.4 is 11.0 Å². The molecule has 1 aliphatic heterocycles. The number of para-hydroxylation sites is 2. The van der Waals surface area contributed by atoms with Gasteiger partial charge in [-0.15, -0.1) is 0 Å². The van der Waals surface area contributed by atoms with Crippen LogP contribution in [0.2, 0.25) is 0 Å². The molecule has 1 fully saturated rings. The molecule has 0 saturated carbocycles. The van der Waals surface area contributed by atoms with E-state index in [0.717, 1.165) is 42.5 Å². The van der Waals surface area contributed by atoms with Gasteiger partial charge in [-0.3, -0.25) is 18.7 Å². The molecule has 0 unspecified atom stereocenters. The highest BCUT2D eigenvalue weighted by molar-refractivity contribution is 6.05. The number of amides is 2. The van der Waals surface area contributed by atoms with E-state index in [9.17, 15) is 14.4 Å². The van der Waals surface area contributed by atoms with Gasteiger partial charge in [-0.2, -0.15) is 0 Å². The number of aryl methyl sites for hydroxylation is 3. The van der Waals surface area contributed by atoms with Crippen LogP contribution >= 0.6 is 0 Å². The SMILES string of the molecule is CCn1c(=O)n(CCC(=O)Nc2cccc(C)c2C(=O)N2CCCC2)c2ccccc21. The van der Waals surface area contributed by atoms with Gasteiger partial charge in [-0.25, -0.2) is 4.79 Å². The van der Waals surface area contributed by atoms with Crippen LogP contribution in [0.25, 0.3) is 11.0 Å². The van der Waals surface area contributed by atoms with Gasteiger partial charge in [0.25, 0.3) is 5.91 Å². The molecule has 2 heterocycles. The Morgan fingerprint density at radius 2 is 1.65 bits per heavy atom. The fourth-order valence-corrected chi connectivity index (χ4v) is 4.35. The number of nitrogens with zero attached hydrogens (tertiary/aromatic N) is 3. The van der Waals surface area contributed by atoms with Gasteiger partial charge in [0.2, 0.25) is 5.91 Å². The summed E-state index contributed by atoms with van der Waals surface area (Å²) in [7, 11) is 0. The van der Waals surface area contributed by atoms with Gasteiger partial charge in [0.05, 0.1) is 22.3 Å². The number of likely N-dealkylation sites (tertiary alicyclic amines) is 1. The second-order valence-corrected chi connectivity index (χ2v) is 7.96. The Hall–Kier alpha value is -3.35. The van der Waals surface area contributed by atoms with Gasteiger partial charge >= 0.3 is 5.69 Å². The molecule has 4 rings (SSSR count).